The number of hydrogen-bond acceptors (Lipinski definition) is 5. The number of nitrogens with zero attached hydrogens (tertiary/aromatic N) is 4. The summed E-state index contributed by atoms with van der Waals surface area (Å²) in [6.45, 7) is 1.49. The fourth-order valence-electron chi connectivity index (χ4n) is 4.07. The molecule has 1 N–H and O–H groups in total. The van der Waals surface area contributed by atoms with Gasteiger partial charge in [-0.3, -0.25) is 9.89 Å². The molecule has 31 heavy (non-hydrogen) atoms. The number of carbonyl (C=O) groups excluding carboxylic acids is 1. The average Bonchev–Trinajstić information content (AvgIpc) is 3.47. The Balaban J connectivity index is 1.51. The molecule has 4 heterocycles. The van der Waals surface area contributed by atoms with Gasteiger partial charge in [-0.1, -0.05) is 12.1 Å². The standard InChI is InChI=1S/C23H23N5O3/c1-27-20(11-16-6-7-19(26-22(16)27)17-12-24-25-13-17)23(29)28-8-9-31-14-21(28)15-4-3-5-18(10-15)30-2/h3-7,10-13,21H,8-9,14H2,1-2H3,(H,24,25)/t21-/m1/s1. The number of pyridine rings is 1. The molecule has 0 saturated carbocycles. The van der Waals surface area contributed by atoms with Crippen molar-refractivity contribution in [1.82, 2.24) is 24.6 Å². The van der Waals surface area contributed by atoms with Crippen LogP contribution in [0.4, 0.5) is 0 Å². The highest BCUT2D eigenvalue weighted by molar-refractivity contribution is 5.98. The van der Waals surface area contributed by atoms with E-state index >= 15 is 0 Å². The van der Waals surface area contributed by atoms with E-state index in [0.717, 1.165) is 33.6 Å². The van der Waals surface area contributed by atoms with Crippen molar-refractivity contribution < 1.29 is 14.3 Å². The molecule has 1 atom stereocenters. The van der Waals surface area contributed by atoms with Gasteiger partial charge in [0.15, 0.2) is 0 Å². The van der Waals surface area contributed by atoms with Gasteiger partial charge in [0, 0.05) is 30.7 Å². The number of ether oxygens (including phenoxy) is 2. The number of morpholine rings is 1. The van der Waals surface area contributed by atoms with Gasteiger partial charge in [-0.25, -0.2) is 4.98 Å². The second kappa shape index (κ2) is 7.88. The van der Waals surface area contributed by atoms with E-state index in [-0.39, 0.29) is 11.9 Å². The van der Waals surface area contributed by atoms with E-state index in [4.69, 9.17) is 14.5 Å². The van der Waals surface area contributed by atoms with E-state index in [1.54, 1.807) is 19.5 Å². The highest BCUT2D eigenvalue weighted by Crippen LogP contribution is 2.30. The summed E-state index contributed by atoms with van der Waals surface area (Å²) in [5.41, 5.74) is 4.06. The number of H-pyrrole nitrogens is 1. The first-order valence-electron chi connectivity index (χ1n) is 10.1. The van der Waals surface area contributed by atoms with E-state index in [1.165, 1.54) is 0 Å². The van der Waals surface area contributed by atoms with Crippen molar-refractivity contribution in [3.8, 4) is 17.0 Å². The molecule has 1 fully saturated rings. The molecule has 1 amide bonds. The molecule has 0 radical (unpaired) electrons. The van der Waals surface area contributed by atoms with Crippen LogP contribution in [-0.4, -0.2) is 57.4 Å². The third-order valence-corrected chi connectivity index (χ3v) is 5.76. The third-order valence-electron chi connectivity index (χ3n) is 5.76. The summed E-state index contributed by atoms with van der Waals surface area (Å²) >= 11 is 0. The van der Waals surface area contributed by atoms with Crippen LogP contribution in [0, 0.1) is 0 Å². The van der Waals surface area contributed by atoms with Crippen molar-refractivity contribution in [3.05, 3.63) is 66.1 Å². The predicted molar refractivity (Wildman–Crippen MR) is 116 cm³/mol. The SMILES string of the molecule is COc1cccc([C@H]2COCCN2C(=O)c2cc3ccc(-c4cn[nH]c4)nc3n2C)c1. The van der Waals surface area contributed by atoms with Crippen molar-refractivity contribution in [3.63, 3.8) is 0 Å². The number of hydrogen-bond donors (Lipinski definition) is 1. The number of amides is 1. The zero-order chi connectivity index (χ0) is 21.4. The van der Waals surface area contributed by atoms with E-state index in [0.29, 0.717) is 25.5 Å². The molecule has 0 spiro atoms. The number of methoxy groups -OCH3 is 1. The van der Waals surface area contributed by atoms with Crippen molar-refractivity contribution in [2.45, 2.75) is 6.04 Å². The summed E-state index contributed by atoms with van der Waals surface area (Å²) in [4.78, 5) is 20.3. The van der Waals surface area contributed by atoms with Gasteiger partial charge >= 0.3 is 0 Å². The number of aromatic amines is 1. The molecule has 158 valence electrons. The molecule has 8 nitrogen and oxygen atoms in total. The van der Waals surface area contributed by atoms with Crippen molar-refractivity contribution in [1.29, 1.82) is 0 Å². The Kier molecular flexibility index (Phi) is 4.91. The van der Waals surface area contributed by atoms with Crippen LogP contribution in [0.2, 0.25) is 0 Å². The maximum atomic E-state index is 13.6. The normalized spacial score (nSPS) is 16.6. The number of aromatic nitrogens is 4. The first-order valence-corrected chi connectivity index (χ1v) is 10.1. The van der Waals surface area contributed by atoms with Crippen LogP contribution in [0.15, 0.2) is 54.9 Å². The lowest BCUT2D eigenvalue weighted by Crippen LogP contribution is -2.44. The molecule has 5 rings (SSSR count). The van der Waals surface area contributed by atoms with Crippen molar-refractivity contribution >= 4 is 16.9 Å². The summed E-state index contributed by atoms with van der Waals surface area (Å²) in [6.07, 6.45) is 3.53. The first-order chi connectivity index (χ1) is 15.2. The fraction of sp³-hybridized carbons (Fsp3) is 0.261. The largest absolute Gasteiger partial charge is 0.497 e. The molecule has 3 aromatic heterocycles. The molecule has 0 bridgehead atoms. The molecule has 8 heteroatoms. The Bertz CT molecular complexity index is 1230. The van der Waals surface area contributed by atoms with Crippen LogP contribution >= 0.6 is 0 Å². The van der Waals surface area contributed by atoms with Gasteiger partial charge in [0.05, 0.1) is 38.3 Å². The maximum absolute atomic E-state index is 13.6. The molecule has 1 aliphatic heterocycles. The Morgan fingerprint density at radius 1 is 1.26 bits per heavy atom. The number of aryl methyl sites for hydroxylation is 1. The minimum Gasteiger partial charge on any atom is -0.497 e. The summed E-state index contributed by atoms with van der Waals surface area (Å²) < 4.78 is 12.9. The van der Waals surface area contributed by atoms with Crippen LogP contribution in [0.25, 0.3) is 22.3 Å². The summed E-state index contributed by atoms with van der Waals surface area (Å²) in [6, 6.07) is 13.4. The minimum atomic E-state index is -0.177. The summed E-state index contributed by atoms with van der Waals surface area (Å²) in [5.74, 6) is 0.720. The molecule has 0 unspecified atom stereocenters. The lowest BCUT2D eigenvalue weighted by molar-refractivity contribution is -0.00322. The molecule has 1 saturated heterocycles. The Morgan fingerprint density at radius 2 is 2.16 bits per heavy atom. The molecule has 4 aromatic rings. The molecule has 0 aliphatic carbocycles. The quantitative estimate of drug-likeness (QED) is 0.551. The number of benzene rings is 1. The molecule has 1 aliphatic rings. The molecular formula is C23H23N5O3. The van der Waals surface area contributed by atoms with E-state index in [1.807, 2.05) is 59.0 Å². The fourth-order valence-corrected chi connectivity index (χ4v) is 4.07. The van der Waals surface area contributed by atoms with Crippen LogP contribution in [0.3, 0.4) is 0 Å². The smallest absolute Gasteiger partial charge is 0.271 e. The molecule has 1 aromatic carbocycles. The highest BCUT2D eigenvalue weighted by Gasteiger charge is 2.31. The topological polar surface area (TPSA) is 85.3 Å². The number of fused-ring (bicyclic) bond motifs is 1. The van der Waals surface area contributed by atoms with Gasteiger partial charge < -0.3 is 18.9 Å². The van der Waals surface area contributed by atoms with Crippen molar-refractivity contribution in [2.24, 2.45) is 7.05 Å². The predicted octanol–water partition coefficient (Wildman–Crippen LogP) is 3.19. The monoisotopic (exact) mass is 417 g/mol. The van der Waals surface area contributed by atoms with Gasteiger partial charge in [-0.2, -0.15) is 5.10 Å². The average molecular weight is 417 g/mol. The lowest BCUT2D eigenvalue weighted by atomic mass is 10.0. The van der Waals surface area contributed by atoms with E-state index in [2.05, 4.69) is 10.2 Å². The molecular weight excluding hydrogens is 394 g/mol. The third kappa shape index (κ3) is 3.44. The van der Waals surface area contributed by atoms with Crippen LogP contribution in [0.1, 0.15) is 22.1 Å². The van der Waals surface area contributed by atoms with Gasteiger partial charge in [-0.05, 0) is 35.9 Å². The van der Waals surface area contributed by atoms with E-state index in [9.17, 15) is 4.79 Å². The zero-order valence-corrected chi connectivity index (χ0v) is 17.4. The summed E-state index contributed by atoms with van der Waals surface area (Å²) in [7, 11) is 3.52. The highest BCUT2D eigenvalue weighted by atomic mass is 16.5. The van der Waals surface area contributed by atoms with E-state index < -0.39 is 0 Å². The Labute approximate surface area is 179 Å². The van der Waals surface area contributed by atoms with Gasteiger partial charge in [-0.15, -0.1) is 0 Å². The second-order valence-electron chi connectivity index (χ2n) is 7.55. The van der Waals surface area contributed by atoms with Crippen molar-refractivity contribution in [2.75, 3.05) is 26.9 Å². The Hall–Kier alpha value is -3.65. The Morgan fingerprint density at radius 3 is 2.97 bits per heavy atom. The number of nitrogens with one attached hydrogen (secondary N) is 1. The summed E-state index contributed by atoms with van der Waals surface area (Å²) in [5, 5.41) is 7.72. The zero-order valence-electron chi connectivity index (χ0n) is 17.4. The van der Waals surface area contributed by atoms with Crippen LogP contribution in [-0.2, 0) is 11.8 Å². The number of carbonyl (C=O) groups is 1. The van der Waals surface area contributed by atoms with Crippen LogP contribution < -0.4 is 4.74 Å². The first kappa shape index (κ1) is 19.3. The van der Waals surface area contributed by atoms with Gasteiger partial charge in [0.2, 0.25) is 0 Å². The second-order valence-corrected chi connectivity index (χ2v) is 7.55. The minimum absolute atomic E-state index is 0.0403. The van der Waals surface area contributed by atoms with Crippen LogP contribution in [0.5, 0.6) is 5.75 Å². The lowest BCUT2D eigenvalue weighted by Gasteiger charge is -2.36. The van der Waals surface area contributed by atoms with Gasteiger partial charge in [0.1, 0.15) is 17.1 Å². The number of rotatable bonds is 4. The maximum Gasteiger partial charge on any atom is 0.271 e. The van der Waals surface area contributed by atoms with Gasteiger partial charge in [0.25, 0.3) is 5.91 Å².